The monoisotopic (exact) mass is 319 g/mol. The van der Waals surface area contributed by atoms with E-state index in [1.807, 2.05) is 39.2 Å². The lowest BCUT2D eigenvalue weighted by molar-refractivity contribution is 0.0575. The molecule has 128 valence electrons. The summed E-state index contributed by atoms with van der Waals surface area (Å²) >= 11 is 0. The van der Waals surface area contributed by atoms with E-state index >= 15 is 0 Å². The van der Waals surface area contributed by atoms with E-state index in [0.717, 1.165) is 42.6 Å². The van der Waals surface area contributed by atoms with Crippen LogP contribution < -0.4 is 10.2 Å². The quantitative estimate of drug-likeness (QED) is 0.897. The Morgan fingerprint density at radius 3 is 2.57 bits per heavy atom. The fraction of sp³-hybridized carbons (Fsp3) is 0.611. The first kappa shape index (κ1) is 17.6. The van der Waals surface area contributed by atoms with Crippen molar-refractivity contribution >= 4 is 17.4 Å². The minimum atomic E-state index is -0.277. The third-order valence-corrected chi connectivity index (χ3v) is 4.65. The summed E-state index contributed by atoms with van der Waals surface area (Å²) in [6.45, 7) is 2.63. The number of anilines is 2. The second kappa shape index (κ2) is 7.68. The average molecular weight is 319 g/mol. The SMILES string of the molecule is Cc1cc(NC(=O)N(C)CC2CCCCC2O)ccc1N(C)C. The van der Waals surface area contributed by atoms with Gasteiger partial charge in [0.1, 0.15) is 0 Å². The van der Waals surface area contributed by atoms with E-state index in [-0.39, 0.29) is 18.1 Å². The third-order valence-electron chi connectivity index (χ3n) is 4.65. The zero-order chi connectivity index (χ0) is 17.0. The molecule has 0 heterocycles. The summed E-state index contributed by atoms with van der Waals surface area (Å²) in [7, 11) is 5.80. The first-order valence-corrected chi connectivity index (χ1v) is 8.36. The number of urea groups is 1. The Morgan fingerprint density at radius 1 is 1.26 bits per heavy atom. The van der Waals surface area contributed by atoms with Gasteiger partial charge in [0, 0.05) is 45.0 Å². The molecule has 1 aromatic carbocycles. The number of hydrogen-bond donors (Lipinski definition) is 2. The van der Waals surface area contributed by atoms with Crippen LogP contribution in [0, 0.1) is 12.8 Å². The maximum Gasteiger partial charge on any atom is 0.321 e. The number of benzene rings is 1. The van der Waals surface area contributed by atoms with Gasteiger partial charge < -0.3 is 20.2 Å². The lowest BCUT2D eigenvalue weighted by atomic mass is 9.86. The van der Waals surface area contributed by atoms with E-state index < -0.39 is 0 Å². The molecule has 1 aromatic rings. The maximum absolute atomic E-state index is 12.3. The van der Waals surface area contributed by atoms with Gasteiger partial charge in [-0.2, -0.15) is 0 Å². The van der Waals surface area contributed by atoms with Gasteiger partial charge in [-0.3, -0.25) is 0 Å². The predicted molar refractivity (Wildman–Crippen MR) is 95.1 cm³/mol. The predicted octanol–water partition coefficient (Wildman–Crippen LogP) is 3.08. The number of nitrogens with zero attached hydrogens (tertiary/aromatic N) is 2. The third kappa shape index (κ3) is 4.61. The molecule has 0 spiro atoms. The van der Waals surface area contributed by atoms with Crippen LogP contribution in [0.5, 0.6) is 0 Å². The molecule has 2 rings (SSSR count). The van der Waals surface area contributed by atoms with Gasteiger partial charge in [0.15, 0.2) is 0 Å². The lowest BCUT2D eigenvalue weighted by Crippen LogP contribution is -2.40. The van der Waals surface area contributed by atoms with Crippen molar-refractivity contribution in [2.24, 2.45) is 5.92 Å². The molecule has 0 radical (unpaired) electrons. The molecule has 5 heteroatoms. The van der Waals surface area contributed by atoms with Gasteiger partial charge >= 0.3 is 6.03 Å². The first-order chi connectivity index (χ1) is 10.9. The summed E-state index contributed by atoms with van der Waals surface area (Å²) in [5.74, 6) is 0.192. The largest absolute Gasteiger partial charge is 0.393 e. The highest BCUT2D eigenvalue weighted by Gasteiger charge is 2.25. The fourth-order valence-electron chi connectivity index (χ4n) is 3.29. The lowest BCUT2D eigenvalue weighted by Gasteiger charge is -2.31. The molecule has 1 fully saturated rings. The number of rotatable bonds is 4. The topological polar surface area (TPSA) is 55.8 Å². The summed E-state index contributed by atoms with van der Waals surface area (Å²) in [4.78, 5) is 16.1. The van der Waals surface area contributed by atoms with Crippen molar-refractivity contribution in [3.05, 3.63) is 23.8 Å². The van der Waals surface area contributed by atoms with Gasteiger partial charge in [0.25, 0.3) is 0 Å². The minimum Gasteiger partial charge on any atom is -0.393 e. The molecule has 0 aliphatic heterocycles. The number of aryl methyl sites for hydroxylation is 1. The molecule has 2 unspecified atom stereocenters. The van der Waals surface area contributed by atoms with Gasteiger partial charge in [-0.05, 0) is 43.5 Å². The van der Waals surface area contributed by atoms with E-state index in [0.29, 0.717) is 6.54 Å². The number of aliphatic hydroxyl groups is 1. The van der Waals surface area contributed by atoms with Crippen LogP contribution in [0.2, 0.25) is 0 Å². The number of aliphatic hydroxyl groups excluding tert-OH is 1. The van der Waals surface area contributed by atoms with E-state index in [9.17, 15) is 9.90 Å². The minimum absolute atomic E-state index is 0.125. The van der Waals surface area contributed by atoms with Crippen LogP contribution in [-0.4, -0.2) is 49.8 Å². The Labute approximate surface area is 139 Å². The Hall–Kier alpha value is -1.75. The zero-order valence-electron chi connectivity index (χ0n) is 14.7. The molecule has 0 aromatic heterocycles. The van der Waals surface area contributed by atoms with Gasteiger partial charge in [0.05, 0.1) is 6.10 Å². The first-order valence-electron chi connectivity index (χ1n) is 8.36. The summed E-state index contributed by atoms with van der Waals surface area (Å²) in [5, 5.41) is 13.0. The van der Waals surface area contributed by atoms with E-state index in [1.54, 1.807) is 11.9 Å². The van der Waals surface area contributed by atoms with Crippen molar-refractivity contribution in [3.8, 4) is 0 Å². The summed E-state index contributed by atoms with van der Waals surface area (Å²) in [6.07, 6.45) is 3.80. The van der Waals surface area contributed by atoms with Gasteiger partial charge in [-0.25, -0.2) is 4.79 Å². The molecule has 2 atom stereocenters. The second-order valence-corrected chi connectivity index (χ2v) is 6.82. The highest BCUT2D eigenvalue weighted by atomic mass is 16.3. The highest BCUT2D eigenvalue weighted by Crippen LogP contribution is 2.25. The molecule has 1 saturated carbocycles. The Morgan fingerprint density at radius 2 is 1.96 bits per heavy atom. The summed E-state index contributed by atoms with van der Waals surface area (Å²) in [6, 6.07) is 5.79. The second-order valence-electron chi connectivity index (χ2n) is 6.82. The van der Waals surface area contributed by atoms with Crippen LogP contribution in [0.3, 0.4) is 0 Å². The fourth-order valence-corrected chi connectivity index (χ4v) is 3.29. The molecule has 2 amide bonds. The molecular formula is C18H29N3O2. The summed E-state index contributed by atoms with van der Waals surface area (Å²) in [5.41, 5.74) is 3.06. The van der Waals surface area contributed by atoms with Crippen LogP contribution in [0.4, 0.5) is 16.2 Å². The molecule has 23 heavy (non-hydrogen) atoms. The Balaban J connectivity index is 1.94. The molecule has 0 saturated heterocycles. The van der Waals surface area contributed by atoms with Crippen LogP contribution in [-0.2, 0) is 0 Å². The number of hydrogen-bond acceptors (Lipinski definition) is 3. The van der Waals surface area contributed by atoms with Crippen molar-refractivity contribution in [1.82, 2.24) is 4.90 Å². The van der Waals surface area contributed by atoms with Crippen molar-refractivity contribution in [2.45, 2.75) is 38.7 Å². The Bertz CT molecular complexity index is 545. The van der Waals surface area contributed by atoms with Crippen LogP contribution in [0.15, 0.2) is 18.2 Å². The summed E-state index contributed by atoms with van der Waals surface area (Å²) < 4.78 is 0. The number of carbonyl (C=O) groups excluding carboxylic acids is 1. The molecule has 2 N–H and O–H groups in total. The number of carbonyl (C=O) groups is 1. The van der Waals surface area contributed by atoms with Crippen LogP contribution in [0.1, 0.15) is 31.2 Å². The van der Waals surface area contributed by atoms with E-state index in [2.05, 4.69) is 10.2 Å². The Kier molecular flexibility index (Phi) is 5.88. The standard InChI is InChI=1S/C18H29N3O2/c1-13-11-15(9-10-16(13)20(2)3)19-18(23)21(4)12-14-7-5-6-8-17(14)22/h9-11,14,17,22H,5-8,12H2,1-4H3,(H,19,23). The average Bonchev–Trinajstić information content (AvgIpc) is 2.49. The normalized spacial score (nSPS) is 20.9. The van der Waals surface area contributed by atoms with Crippen molar-refractivity contribution in [2.75, 3.05) is 37.9 Å². The number of nitrogens with one attached hydrogen (secondary N) is 1. The van der Waals surface area contributed by atoms with Crippen molar-refractivity contribution in [3.63, 3.8) is 0 Å². The highest BCUT2D eigenvalue weighted by molar-refractivity contribution is 5.89. The maximum atomic E-state index is 12.3. The number of amides is 2. The van der Waals surface area contributed by atoms with Crippen LogP contribution >= 0.6 is 0 Å². The zero-order valence-corrected chi connectivity index (χ0v) is 14.7. The van der Waals surface area contributed by atoms with Gasteiger partial charge in [0.2, 0.25) is 0 Å². The van der Waals surface area contributed by atoms with Crippen molar-refractivity contribution in [1.29, 1.82) is 0 Å². The van der Waals surface area contributed by atoms with Crippen LogP contribution in [0.25, 0.3) is 0 Å². The molecular weight excluding hydrogens is 290 g/mol. The molecule has 5 nitrogen and oxygen atoms in total. The van der Waals surface area contributed by atoms with Gasteiger partial charge in [-0.15, -0.1) is 0 Å². The van der Waals surface area contributed by atoms with Crippen molar-refractivity contribution < 1.29 is 9.90 Å². The smallest absolute Gasteiger partial charge is 0.321 e. The molecule has 1 aliphatic rings. The molecule has 0 bridgehead atoms. The molecule has 1 aliphatic carbocycles. The van der Waals surface area contributed by atoms with E-state index in [4.69, 9.17) is 0 Å². The van der Waals surface area contributed by atoms with E-state index in [1.165, 1.54) is 0 Å². The van der Waals surface area contributed by atoms with Gasteiger partial charge in [-0.1, -0.05) is 12.8 Å².